The molecule has 138 valence electrons. The van der Waals surface area contributed by atoms with E-state index in [2.05, 4.69) is 10.3 Å². The number of rotatable bonds is 6. The molecule has 0 saturated heterocycles. The highest BCUT2D eigenvalue weighted by Gasteiger charge is 2.35. The van der Waals surface area contributed by atoms with Gasteiger partial charge in [0.2, 0.25) is 5.91 Å². The molecule has 1 heterocycles. The van der Waals surface area contributed by atoms with Crippen LogP contribution < -0.4 is 5.32 Å². The molecule has 1 aromatic carbocycles. The number of nitrogens with one attached hydrogen (secondary N) is 1. The highest BCUT2D eigenvalue weighted by atomic mass is 16.4. The summed E-state index contributed by atoms with van der Waals surface area (Å²) < 4.78 is 0. The van der Waals surface area contributed by atoms with Gasteiger partial charge in [0.15, 0.2) is 5.78 Å². The van der Waals surface area contributed by atoms with Crippen LogP contribution in [0.1, 0.15) is 44.5 Å². The number of carboxylic acid groups (broad SMARTS) is 1. The number of carbonyl (C=O) groups excluding carboxylic acids is 2. The molecule has 2 rings (SSSR count). The van der Waals surface area contributed by atoms with Crippen LogP contribution in [0.5, 0.6) is 0 Å². The van der Waals surface area contributed by atoms with Gasteiger partial charge in [-0.2, -0.15) is 0 Å². The number of aromatic nitrogens is 1. The molecule has 0 aliphatic carbocycles. The molecule has 0 unspecified atom stereocenters. The maximum atomic E-state index is 12.9. The van der Waals surface area contributed by atoms with Gasteiger partial charge < -0.3 is 10.4 Å². The third-order valence-electron chi connectivity index (χ3n) is 4.45. The summed E-state index contributed by atoms with van der Waals surface area (Å²) in [5.41, 5.74) is -0.0351. The number of aliphatic carboxylic acids is 1. The zero-order valence-corrected chi connectivity index (χ0v) is 15.4. The van der Waals surface area contributed by atoms with Gasteiger partial charge in [0, 0.05) is 29.8 Å². The summed E-state index contributed by atoms with van der Waals surface area (Å²) in [6.07, 6.45) is 3.19. The van der Waals surface area contributed by atoms with E-state index in [0.29, 0.717) is 5.56 Å². The minimum Gasteiger partial charge on any atom is -0.480 e. The van der Waals surface area contributed by atoms with E-state index in [4.69, 9.17) is 5.11 Å². The van der Waals surface area contributed by atoms with Gasteiger partial charge >= 0.3 is 5.97 Å². The zero-order chi connectivity index (χ0) is 19.5. The van der Waals surface area contributed by atoms with E-state index in [1.807, 2.05) is 45.0 Å². The van der Waals surface area contributed by atoms with E-state index >= 15 is 0 Å². The van der Waals surface area contributed by atoms with E-state index in [9.17, 15) is 14.4 Å². The molecule has 1 aromatic heterocycles. The van der Waals surface area contributed by atoms with Crippen LogP contribution in [0.25, 0.3) is 10.8 Å². The number of carboxylic acids is 1. The maximum absolute atomic E-state index is 12.9. The van der Waals surface area contributed by atoms with E-state index in [-0.39, 0.29) is 12.2 Å². The summed E-state index contributed by atoms with van der Waals surface area (Å²) in [6, 6.07) is 6.44. The molecule has 2 aromatic rings. The minimum atomic E-state index is -1.12. The Kier molecular flexibility index (Phi) is 5.75. The molecule has 2 atom stereocenters. The van der Waals surface area contributed by atoms with E-state index in [0.717, 1.165) is 10.8 Å². The Balaban J connectivity index is 2.29. The first kappa shape index (κ1) is 19.6. The average molecular weight is 356 g/mol. The van der Waals surface area contributed by atoms with E-state index in [1.165, 1.54) is 13.1 Å². The number of hydrogen-bond acceptors (Lipinski definition) is 4. The Bertz CT molecular complexity index is 834. The fourth-order valence-electron chi connectivity index (χ4n) is 2.80. The number of ketones is 1. The predicted molar refractivity (Wildman–Crippen MR) is 98.9 cm³/mol. The van der Waals surface area contributed by atoms with Gasteiger partial charge in [0.1, 0.15) is 6.04 Å². The Morgan fingerprint density at radius 2 is 1.81 bits per heavy atom. The molecule has 0 bridgehead atoms. The number of Topliss-reactive ketones (excluding diaryl/α,β-unsaturated/α-hetero) is 1. The second-order valence-electron chi connectivity index (χ2n) is 7.52. The molecular formula is C20H24N2O4. The van der Waals surface area contributed by atoms with Gasteiger partial charge in [-0.1, -0.05) is 45.0 Å². The Morgan fingerprint density at radius 3 is 2.42 bits per heavy atom. The smallest absolute Gasteiger partial charge is 0.325 e. The standard InChI is InChI=1S/C20H24N2O4/c1-12(19(25)26)22-18(24)16(20(2,3)4)9-17(23)15-11-21-10-13-7-5-6-8-14(13)15/h5-8,10-12,16H,9H2,1-4H3,(H,22,24)(H,25,26)/t12-,16+/m0/s1. The van der Waals surface area contributed by atoms with Crippen LogP contribution in [0, 0.1) is 11.3 Å². The van der Waals surface area contributed by atoms with Crippen molar-refractivity contribution in [2.75, 3.05) is 0 Å². The topological polar surface area (TPSA) is 96.4 Å². The number of fused-ring (bicyclic) bond motifs is 1. The Labute approximate surface area is 152 Å². The van der Waals surface area contributed by atoms with Crippen LogP contribution in [0.15, 0.2) is 36.7 Å². The molecule has 6 heteroatoms. The number of nitrogens with zero attached hydrogens (tertiary/aromatic N) is 1. The summed E-state index contributed by atoms with van der Waals surface area (Å²) in [5, 5.41) is 13.1. The summed E-state index contributed by atoms with van der Waals surface area (Å²) >= 11 is 0. The Morgan fingerprint density at radius 1 is 1.15 bits per heavy atom. The van der Waals surface area contributed by atoms with Gasteiger partial charge in [-0.05, 0) is 17.7 Å². The molecule has 2 N–H and O–H groups in total. The number of carbonyl (C=O) groups is 3. The minimum absolute atomic E-state index is 0.0165. The normalized spacial score (nSPS) is 13.8. The highest BCUT2D eigenvalue weighted by Crippen LogP contribution is 2.31. The summed E-state index contributed by atoms with van der Waals surface area (Å²) in [7, 11) is 0. The van der Waals surface area contributed by atoms with Crippen molar-refractivity contribution in [2.45, 2.75) is 40.2 Å². The van der Waals surface area contributed by atoms with Crippen molar-refractivity contribution in [1.29, 1.82) is 0 Å². The summed E-state index contributed by atoms with van der Waals surface area (Å²) in [4.78, 5) is 40.6. The van der Waals surface area contributed by atoms with Crippen molar-refractivity contribution in [3.63, 3.8) is 0 Å². The summed E-state index contributed by atoms with van der Waals surface area (Å²) in [5.74, 6) is -2.40. The van der Waals surface area contributed by atoms with Gasteiger partial charge in [-0.25, -0.2) is 0 Å². The molecule has 0 saturated carbocycles. The largest absolute Gasteiger partial charge is 0.480 e. The summed E-state index contributed by atoms with van der Waals surface area (Å²) in [6.45, 7) is 6.97. The molecule has 26 heavy (non-hydrogen) atoms. The fourth-order valence-corrected chi connectivity index (χ4v) is 2.80. The molecule has 1 amide bonds. The Hall–Kier alpha value is -2.76. The SMILES string of the molecule is C[C@H](NC(=O)[C@@H](CC(=O)c1cncc2ccccc12)C(C)(C)C)C(=O)O. The first-order valence-corrected chi connectivity index (χ1v) is 8.50. The van der Waals surface area contributed by atoms with Crippen LogP contribution in [0.4, 0.5) is 0 Å². The van der Waals surface area contributed by atoms with Crippen molar-refractivity contribution >= 4 is 28.4 Å². The molecular weight excluding hydrogens is 332 g/mol. The van der Waals surface area contributed by atoms with Crippen LogP contribution in [0.3, 0.4) is 0 Å². The number of pyridine rings is 1. The van der Waals surface area contributed by atoms with Gasteiger partial charge in [0.05, 0.1) is 5.92 Å². The highest BCUT2D eigenvalue weighted by molar-refractivity contribution is 6.08. The first-order chi connectivity index (χ1) is 12.1. The van der Waals surface area contributed by atoms with Crippen molar-refractivity contribution < 1.29 is 19.5 Å². The van der Waals surface area contributed by atoms with Gasteiger partial charge in [0.25, 0.3) is 0 Å². The lowest BCUT2D eigenvalue weighted by atomic mass is 9.76. The molecule has 0 fully saturated rings. The number of amides is 1. The zero-order valence-electron chi connectivity index (χ0n) is 15.4. The first-order valence-electron chi connectivity index (χ1n) is 8.50. The lowest BCUT2D eigenvalue weighted by molar-refractivity contribution is -0.142. The fraction of sp³-hybridized carbons (Fsp3) is 0.400. The van der Waals surface area contributed by atoms with Crippen molar-refractivity contribution in [3.05, 3.63) is 42.2 Å². The lowest BCUT2D eigenvalue weighted by Crippen LogP contribution is -2.45. The number of hydrogen-bond donors (Lipinski definition) is 2. The maximum Gasteiger partial charge on any atom is 0.325 e. The molecule has 6 nitrogen and oxygen atoms in total. The third-order valence-corrected chi connectivity index (χ3v) is 4.45. The lowest BCUT2D eigenvalue weighted by Gasteiger charge is -2.30. The molecule has 0 aliphatic rings. The van der Waals surface area contributed by atoms with Crippen molar-refractivity contribution in [1.82, 2.24) is 10.3 Å². The van der Waals surface area contributed by atoms with E-state index in [1.54, 1.807) is 6.20 Å². The second-order valence-corrected chi connectivity index (χ2v) is 7.52. The van der Waals surface area contributed by atoms with E-state index < -0.39 is 29.3 Å². The molecule has 0 radical (unpaired) electrons. The monoisotopic (exact) mass is 356 g/mol. The predicted octanol–water partition coefficient (Wildman–Crippen LogP) is 3.06. The molecule has 0 aliphatic heterocycles. The number of benzene rings is 1. The quantitative estimate of drug-likeness (QED) is 0.776. The van der Waals surface area contributed by atoms with Crippen LogP contribution in [0.2, 0.25) is 0 Å². The molecule has 0 spiro atoms. The average Bonchev–Trinajstić information content (AvgIpc) is 2.57. The van der Waals surface area contributed by atoms with Crippen LogP contribution in [-0.2, 0) is 9.59 Å². The van der Waals surface area contributed by atoms with Crippen LogP contribution >= 0.6 is 0 Å². The van der Waals surface area contributed by atoms with Crippen molar-refractivity contribution in [2.24, 2.45) is 11.3 Å². The third kappa shape index (κ3) is 4.45. The van der Waals surface area contributed by atoms with Crippen LogP contribution in [-0.4, -0.2) is 33.8 Å². The van der Waals surface area contributed by atoms with Gasteiger partial charge in [-0.15, -0.1) is 0 Å². The second kappa shape index (κ2) is 7.64. The van der Waals surface area contributed by atoms with Gasteiger partial charge in [-0.3, -0.25) is 19.4 Å². The van der Waals surface area contributed by atoms with Crippen molar-refractivity contribution in [3.8, 4) is 0 Å².